The van der Waals surface area contributed by atoms with Gasteiger partial charge in [0.1, 0.15) is 28.6 Å². The third-order valence-corrected chi connectivity index (χ3v) is 5.36. The molecule has 1 N–H and O–H groups in total. The van der Waals surface area contributed by atoms with Gasteiger partial charge in [0.25, 0.3) is 5.91 Å². The zero-order valence-electron chi connectivity index (χ0n) is 16.6. The molecule has 2 amide bonds. The monoisotopic (exact) mass is 411 g/mol. The fourth-order valence-electron chi connectivity index (χ4n) is 3.66. The average Bonchev–Trinajstić information content (AvgIpc) is 3.42. The number of piperidine rings is 1. The maximum atomic E-state index is 13.2. The molecule has 30 heavy (non-hydrogen) atoms. The summed E-state index contributed by atoms with van der Waals surface area (Å²) in [5.74, 6) is 0.377. The van der Waals surface area contributed by atoms with Crippen LogP contribution in [0.3, 0.4) is 0 Å². The number of nitrogens with one attached hydrogen (secondary N) is 1. The minimum Gasteiger partial charge on any atom is -0.467 e. The molecule has 2 aromatic heterocycles. The summed E-state index contributed by atoms with van der Waals surface area (Å²) in [5.41, 5.74) is 1.39. The number of amides is 2. The highest BCUT2D eigenvalue weighted by atomic mass is 19.1. The first-order chi connectivity index (χ1) is 14.5. The molecule has 1 aliphatic heterocycles. The molecule has 0 spiro atoms. The standard InChI is InChI=1S/C22H22FN3O4/c1-14-19(20(25-30-14)15-4-6-17(23)7-5-15)22(28)26-10-8-16(9-11-26)21(27)24-13-18-3-2-12-29-18/h2-7,12,16H,8-11,13H2,1H3,(H,24,27). The van der Waals surface area contributed by atoms with Crippen molar-refractivity contribution in [1.29, 1.82) is 0 Å². The number of carbonyl (C=O) groups is 2. The van der Waals surface area contributed by atoms with Crippen LogP contribution in [0.5, 0.6) is 0 Å². The molecule has 0 radical (unpaired) electrons. The zero-order chi connectivity index (χ0) is 21.1. The Labute approximate surface area is 172 Å². The molecule has 0 atom stereocenters. The molecule has 1 aromatic carbocycles. The topological polar surface area (TPSA) is 88.6 Å². The number of halogens is 1. The van der Waals surface area contributed by atoms with Gasteiger partial charge in [-0.25, -0.2) is 4.39 Å². The normalized spacial score (nSPS) is 14.7. The predicted octanol–water partition coefficient (Wildman–Crippen LogP) is 3.55. The highest BCUT2D eigenvalue weighted by Gasteiger charge is 2.31. The van der Waals surface area contributed by atoms with E-state index in [1.54, 1.807) is 36.3 Å². The highest BCUT2D eigenvalue weighted by Crippen LogP contribution is 2.28. The van der Waals surface area contributed by atoms with E-state index < -0.39 is 0 Å². The first kappa shape index (κ1) is 19.9. The molecule has 3 aromatic rings. The quantitative estimate of drug-likeness (QED) is 0.694. The number of likely N-dealkylation sites (tertiary alicyclic amines) is 1. The van der Waals surface area contributed by atoms with Crippen molar-refractivity contribution in [2.75, 3.05) is 13.1 Å². The van der Waals surface area contributed by atoms with E-state index in [9.17, 15) is 14.0 Å². The lowest BCUT2D eigenvalue weighted by Crippen LogP contribution is -2.43. The number of furan rings is 1. The summed E-state index contributed by atoms with van der Waals surface area (Å²) in [6.45, 7) is 2.96. The van der Waals surface area contributed by atoms with Crippen LogP contribution in [0.1, 0.15) is 34.7 Å². The van der Waals surface area contributed by atoms with E-state index in [-0.39, 0.29) is 23.5 Å². The SMILES string of the molecule is Cc1onc(-c2ccc(F)cc2)c1C(=O)N1CCC(C(=O)NCc2ccco2)CC1. The van der Waals surface area contributed by atoms with Crippen molar-refractivity contribution < 1.29 is 22.9 Å². The van der Waals surface area contributed by atoms with Crippen molar-refractivity contribution in [3.8, 4) is 11.3 Å². The zero-order valence-corrected chi connectivity index (χ0v) is 16.6. The molecule has 0 unspecified atom stereocenters. The van der Waals surface area contributed by atoms with Crippen molar-refractivity contribution in [3.63, 3.8) is 0 Å². The number of aromatic nitrogens is 1. The Morgan fingerprint density at radius 2 is 1.93 bits per heavy atom. The molecule has 4 rings (SSSR count). The van der Waals surface area contributed by atoms with Gasteiger partial charge in [0.05, 0.1) is 12.8 Å². The smallest absolute Gasteiger partial charge is 0.259 e. The van der Waals surface area contributed by atoms with Crippen LogP contribution in [-0.2, 0) is 11.3 Å². The Balaban J connectivity index is 1.39. The van der Waals surface area contributed by atoms with Crippen molar-refractivity contribution in [3.05, 3.63) is 65.6 Å². The first-order valence-corrected chi connectivity index (χ1v) is 9.84. The van der Waals surface area contributed by atoms with E-state index in [1.807, 2.05) is 6.07 Å². The largest absolute Gasteiger partial charge is 0.467 e. The summed E-state index contributed by atoms with van der Waals surface area (Å²) in [5, 5.41) is 6.88. The van der Waals surface area contributed by atoms with E-state index in [0.717, 1.165) is 0 Å². The summed E-state index contributed by atoms with van der Waals surface area (Å²) >= 11 is 0. The van der Waals surface area contributed by atoms with Gasteiger partial charge in [0.2, 0.25) is 5.91 Å². The number of aryl methyl sites for hydroxylation is 1. The fourth-order valence-corrected chi connectivity index (χ4v) is 3.66. The lowest BCUT2D eigenvalue weighted by molar-refractivity contribution is -0.126. The molecule has 3 heterocycles. The Kier molecular flexibility index (Phi) is 5.65. The van der Waals surface area contributed by atoms with Crippen LogP contribution < -0.4 is 5.32 Å². The van der Waals surface area contributed by atoms with Gasteiger partial charge < -0.3 is 19.2 Å². The molecule has 0 aliphatic carbocycles. The predicted molar refractivity (Wildman–Crippen MR) is 106 cm³/mol. The van der Waals surface area contributed by atoms with Gasteiger partial charge >= 0.3 is 0 Å². The lowest BCUT2D eigenvalue weighted by atomic mass is 9.95. The van der Waals surface area contributed by atoms with Crippen molar-refractivity contribution in [2.45, 2.75) is 26.3 Å². The molecule has 1 saturated heterocycles. The molecular formula is C22H22FN3O4. The van der Waals surface area contributed by atoms with Crippen LogP contribution in [0.25, 0.3) is 11.3 Å². The number of hydrogen-bond donors (Lipinski definition) is 1. The summed E-state index contributed by atoms with van der Waals surface area (Å²) in [4.78, 5) is 27.3. The van der Waals surface area contributed by atoms with Gasteiger partial charge in [-0.2, -0.15) is 0 Å². The molecule has 8 heteroatoms. The number of nitrogens with zero attached hydrogens (tertiary/aromatic N) is 2. The minimum absolute atomic E-state index is 0.0355. The van der Waals surface area contributed by atoms with E-state index in [4.69, 9.17) is 8.94 Å². The van der Waals surface area contributed by atoms with Crippen LogP contribution in [0.2, 0.25) is 0 Å². The van der Waals surface area contributed by atoms with E-state index in [2.05, 4.69) is 10.5 Å². The second-order valence-electron chi connectivity index (χ2n) is 7.33. The van der Waals surface area contributed by atoms with Crippen LogP contribution >= 0.6 is 0 Å². The summed E-state index contributed by atoms with van der Waals surface area (Å²) in [7, 11) is 0. The molecule has 1 fully saturated rings. The molecule has 1 aliphatic rings. The molecule has 156 valence electrons. The molecule has 7 nitrogen and oxygen atoms in total. The molecular weight excluding hydrogens is 389 g/mol. The van der Waals surface area contributed by atoms with E-state index >= 15 is 0 Å². The Morgan fingerprint density at radius 3 is 2.60 bits per heavy atom. The van der Waals surface area contributed by atoms with Gasteiger partial charge in [-0.3, -0.25) is 9.59 Å². The number of carbonyl (C=O) groups excluding carboxylic acids is 2. The van der Waals surface area contributed by atoms with Crippen molar-refractivity contribution in [2.24, 2.45) is 5.92 Å². The average molecular weight is 411 g/mol. The van der Waals surface area contributed by atoms with Gasteiger partial charge in [0.15, 0.2) is 0 Å². The Hall–Kier alpha value is -3.42. The second-order valence-corrected chi connectivity index (χ2v) is 7.33. The van der Waals surface area contributed by atoms with Crippen LogP contribution in [-0.4, -0.2) is 35.0 Å². The lowest BCUT2D eigenvalue weighted by Gasteiger charge is -2.31. The second kappa shape index (κ2) is 8.52. The van der Waals surface area contributed by atoms with Crippen LogP contribution in [0.4, 0.5) is 4.39 Å². The van der Waals surface area contributed by atoms with Gasteiger partial charge in [-0.1, -0.05) is 5.16 Å². The summed E-state index contributed by atoms with van der Waals surface area (Å²) < 4.78 is 23.7. The molecule has 0 bridgehead atoms. The van der Waals surface area contributed by atoms with E-state index in [0.29, 0.717) is 60.8 Å². The maximum absolute atomic E-state index is 13.2. The number of hydrogen-bond acceptors (Lipinski definition) is 5. The van der Waals surface area contributed by atoms with Crippen molar-refractivity contribution in [1.82, 2.24) is 15.4 Å². The van der Waals surface area contributed by atoms with Crippen molar-refractivity contribution >= 4 is 11.8 Å². The van der Waals surface area contributed by atoms with Gasteiger partial charge in [0, 0.05) is 24.6 Å². The van der Waals surface area contributed by atoms with Crippen LogP contribution in [0, 0.1) is 18.7 Å². The fraction of sp³-hybridized carbons (Fsp3) is 0.318. The summed E-state index contributed by atoms with van der Waals surface area (Å²) in [6, 6.07) is 9.36. The first-order valence-electron chi connectivity index (χ1n) is 9.84. The third kappa shape index (κ3) is 4.12. The van der Waals surface area contributed by atoms with E-state index in [1.165, 1.54) is 12.1 Å². The maximum Gasteiger partial charge on any atom is 0.259 e. The van der Waals surface area contributed by atoms with Gasteiger partial charge in [-0.05, 0) is 56.2 Å². The highest BCUT2D eigenvalue weighted by molar-refractivity contribution is 6.00. The van der Waals surface area contributed by atoms with Gasteiger partial charge in [-0.15, -0.1) is 0 Å². The molecule has 0 saturated carbocycles. The minimum atomic E-state index is -0.362. The number of benzene rings is 1. The summed E-state index contributed by atoms with van der Waals surface area (Å²) in [6.07, 6.45) is 2.72. The Morgan fingerprint density at radius 1 is 1.20 bits per heavy atom. The van der Waals surface area contributed by atoms with Crippen LogP contribution in [0.15, 0.2) is 51.6 Å². The number of rotatable bonds is 5. The third-order valence-electron chi connectivity index (χ3n) is 5.36. The Bertz CT molecular complexity index is 1020.